The van der Waals surface area contributed by atoms with Gasteiger partial charge in [-0.1, -0.05) is 0 Å². The molecule has 1 aliphatic heterocycles. The highest BCUT2D eigenvalue weighted by molar-refractivity contribution is 5.95. The monoisotopic (exact) mass is 249 g/mol. The van der Waals surface area contributed by atoms with E-state index >= 15 is 0 Å². The minimum Gasteiger partial charge on any atom is -0.377 e. The Hall–Kier alpha value is -1.62. The van der Waals surface area contributed by atoms with E-state index in [1.807, 2.05) is 18.7 Å². The molecule has 1 aromatic rings. The number of nitrogens with zero attached hydrogens (tertiary/aromatic N) is 2. The molecule has 2 rings (SSSR count). The van der Waals surface area contributed by atoms with Gasteiger partial charge in [-0.25, -0.2) is 4.98 Å². The second-order valence-corrected chi connectivity index (χ2v) is 5.00. The van der Waals surface area contributed by atoms with Crippen LogP contribution in [0, 0.1) is 0 Å². The number of pyridine rings is 1. The first kappa shape index (κ1) is 12.8. The first-order valence-corrected chi connectivity index (χ1v) is 6.08. The number of nitrogens with one attached hydrogen (secondary N) is 1. The predicted molar refractivity (Wildman–Crippen MR) is 69.7 cm³/mol. The molecule has 1 amide bonds. The summed E-state index contributed by atoms with van der Waals surface area (Å²) in [6, 6.07) is 3.52. The number of hydrogen-bond donors (Lipinski definition) is 1. The number of ether oxygens (including phenoxy) is 1. The number of hydrogen-bond acceptors (Lipinski definition) is 4. The van der Waals surface area contributed by atoms with Crippen molar-refractivity contribution in [2.45, 2.75) is 19.4 Å². The lowest BCUT2D eigenvalue weighted by Gasteiger charge is -2.42. The van der Waals surface area contributed by atoms with Crippen molar-refractivity contribution in [3.05, 3.63) is 23.9 Å². The van der Waals surface area contributed by atoms with Crippen molar-refractivity contribution in [1.29, 1.82) is 0 Å². The Morgan fingerprint density at radius 2 is 2.33 bits per heavy atom. The molecule has 0 saturated carbocycles. The largest absolute Gasteiger partial charge is 0.377 e. The van der Waals surface area contributed by atoms with E-state index in [0.717, 1.165) is 0 Å². The molecule has 1 fully saturated rings. The van der Waals surface area contributed by atoms with Gasteiger partial charge in [-0.15, -0.1) is 0 Å². The summed E-state index contributed by atoms with van der Waals surface area (Å²) < 4.78 is 5.43. The molecule has 1 aromatic heterocycles. The number of carbonyl (C=O) groups is 1. The van der Waals surface area contributed by atoms with E-state index in [0.29, 0.717) is 31.1 Å². The van der Waals surface area contributed by atoms with Crippen molar-refractivity contribution in [2.75, 3.05) is 32.1 Å². The average molecular weight is 249 g/mol. The fourth-order valence-electron chi connectivity index (χ4n) is 2.09. The minimum absolute atomic E-state index is 0.0298. The van der Waals surface area contributed by atoms with Crippen LogP contribution in [0.1, 0.15) is 24.2 Å². The van der Waals surface area contributed by atoms with Crippen molar-refractivity contribution in [3.63, 3.8) is 0 Å². The summed E-state index contributed by atoms with van der Waals surface area (Å²) >= 11 is 0. The standard InChI is InChI=1S/C13H19N3O2/c1-13(2)9-18-7-6-16(13)12(17)10-4-5-15-11(8-10)14-3/h4-5,8H,6-7,9H2,1-3H3,(H,14,15). The summed E-state index contributed by atoms with van der Waals surface area (Å²) in [4.78, 5) is 18.5. The Kier molecular flexibility index (Phi) is 3.52. The zero-order chi connectivity index (χ0) is 13.2. The van der Waals surface area contributed by atoms with E-state index in [-0.39, 0.29) is 11.4 Å². The zero-order valence-corrected chi connectivity index (χ0v) is 11.1. The van der Waals surface area contributed by atoms with Crippen molar-refractivity contribution in [2.24, 2.45) is 0 Å². The Labute approximate surface area is 107 Å². The second kappa shape index (κ2) is 4.94. The third-order valence-electron chi connectivity index (χ3n) is 3.15. The first-order valence-electron chi connectivity index (χ1n) is 6.08. The molecule has 0 atom stereocenters. The van der Waals surface area contributed by atoms with Crippen LogP contribution in [0.15, 0.2) is 18.3 Å². The topological polar surface area (TPSA) is 54.5 Å². The van der Waals surface area contributed by atoms with Crippen LogP contribution in [0.2, 0.25) is 0 Å². The number of anilines is 1. The molecular formula is C13H19N3O2. The second-order valence-electron chi connectivity index (χ2n) is 5.00. The lowest BCUT2D eigenvalue weighted by Crippen LogP contribution is -2.55. The molecule has 5 heteroatoms. The Balaban J connectivity index is 2.24. The number of carbonyl (C=O) groups excluding carboxylic acids is 1. The van der Waals surface area contributed by atoms with Crippen molar-refractivity contribution >= 4 is 11.7 Å². The molecule has 98 valence electrons. The van der Waals surface area contributed by atoms with Gasteiger partial charge in [-0.3, -0.25) is 4.79 Å². The van der Waals surface area contributed by atoms with Gasteiger partial charge in [0.1, 0.15) is 5.82 Å². The van der Waals surface area contributed by atoms with Gasteiger partial charge < -0.3 is 15.0 Å². The van der Waals surface area contributed by atoms with Crippen LogP contribution in [0.4, 0.5) is 5.82 Å². The van der Waals surface area contributed by atoms with Gasteiger partial charge in [0.05, 0.1) is 18.8 Å². The molecule has 18 heavy (non-hydrogen) atoms. The maximum Gasteiger partial charge on any atom is 0.254 e. The van der Waals surface area contributed by atoms with E-state index in [9.17, 15) is 4.79 Å². The lowest BCUT2D eigenvalue weighted by atomic mass is 10.0. The van der Waals surface area contributed by atoms with E-state index in [4.69, 9.17) is 4.74 Å². The summed E-state index contributed by atoms with van der Waals surface area (Å²) in [6.07, 6.45) is 1.65. The van der Waals surface area contributed by atoms with Crippen LogP contribution in [0.3, 0.4) is 0 Å². The fraction of sp³-hybridized carbons (Fsp3) is 0.538. The minimum atomic E-state index is -0.265. The lowest BCUT2D eigenvalue weighted by molar-refractivity contribution is -0.0370. The molecule has 2 heterocycles. The van der Waals surface area contributed by atoms with Gasteiger partial charge in [0, 0.05) is 25.4 Å². The molecule has 5 nitrogen and oxygen atoms in total. The zero-order valence-electron chi connectivity index (χ0n) is 11.1. The normalized spacial score (nSPS) is 18.5. The molecule has 1 N–H and O–H groups in total. The van der Waals surface area contributed by atoms with Crippen LogP contribution in [0.5, 0.6) is 0 Å². The number of aromatic nitrogens is 1. The van der Waals surface area contributed by atoms with Crippen molar-refractivity contribution in [1.82, 2.24) is 9.88 Å². The smallest absolute Gasteiger partial charge is 0.254 e. The van der Waals surface area contributed by atoms with E-state index in [1.54, 1.807) is 25.4 Å². The molecule has 1 aliphatic rings. The summed E-state index contributed by atoms with van der Waals surface area (Å²) in [5.74, 6) is 0.731. The number of rotatable bonds is 2. The first-order chi connectivity index (χ1) is 8.54. The van der Waals surface area contributed by atoms with Gasteiger partial charge in [0.25, 0.3) is 5.91 Å². The van der Waals surface area contributed by atoms with Gasteiger partial charge in [0.15, 0.2) is 0 Å². The highest BCUT2D eigenvalue weighted by atomic mass is 16.5. The molecular weight excluding hydrogens is 230 g/mol. The molecule has 1 saturated heterocycles. The van der Waals surface area contributed by atoms with Crippen molar-refractivity contribution < 1.29 is 9.53 Å². The van der Waals surface area contributed by atoms with Crippen LogP contribution >= 0.6 is 0 Å². The van der Waals surface area contributed by atoms with E-state index in [1.165, 1.54) is 0 Å². The summed E-state index contributed by atoms with van der Waals surface area (Å²) in [6.45, 7) is 5.83. The van der Waals surface area contributed by atoms with Crippen LogP contribution in [0.25, 0.3) is 0 Å². The van der Waals surface area contributed by atoms with Crippen molar-refractivity contribution in [3.8, 4) is 0 Å². The third-order valence-corrected chi connectivity index (χ3v) is 3.15. The summed E-state index contributed by atoms with van der Waals surface area (Å²) in [7, 11) is 1.79. The summed E-state index contributed by atoms with van der Waals surface area (Å²) in [5, 5.41) is 2.94. The molecule has 0 aromatic carbocycles. The molecule has 0 spiro atoms. The van der Waals surface area contributed by atoms with Crippen LogP contribution < -0.4 is 5.32 Å². The van der Waals surface area contributed by atoms with Gasteiger partial charge in [-0.05, 0) is 26.0 Å². The van der Waals surface area contributed by atoms with Gasteiger partial charge >= 0.3 is 0 Å². The average Bonchev–Trinajstić information content (AvgIpc) is 2.37. The number of morpholine rings is 1. The molecule has 0 bridgehead atoms. The summed E-state index contributed by atoms with van der Waals surface area (Å²) in [5.41, 5.74) is 0.391. The van der Waals surface area contributed by atoms with Gasteiger partial charge in [0.2, 0.25) is 0 Å². The highest BCUT2D eigenvalue weighted by Crippen LogP contribution is 2.22. The number of amides is 1. The SMILES string of the molecule is CNc1cc(C(=O)N2CCOCC2(C)C)ccn1. The van der Waals surface area contributed by atoms with E-state index in [2.05, 4.69) is 10.3 Å². The maximum atomic E-state index is 12.5. The molecule has 0 unspecified atom stereocenters. The predicted octanol–water partition coefficient (Wildman–Crippen LogP) is 1.37. The van der Waals surface area contributed by atoms with Crippen LogP contribution in [-0.2, 0) is 4.74 Å². The van der Waals surface area contributed by atoms with Crippen LogP contribution in [-0.4, -0.2) is 48.1 Å². The van der Waals surface area contributed by atoms with Gasteiger partial charge in [-0.2, -0.15) is 0 Å². The quantitative estimate of drug-likeness (QED) is 0.860. The fourth-order valence-corrected chi connectivity index (χ4v) is 2.09. The Morgan fingerprint density at radius 3 is 3.00 bits per heavy atom. The third kappa shape index (κ3) is 2.46. The molecule has 0 radical (unpaired) electrons. The maximum absolute atomic E-state index is 12.5. The highest BCUT2D eigenvalue weighted by Gasteiger charge is 2.34. The van der Waals surface area contributed by atoms with E-state index < -0.39 is 0 Å². The Bertz CT molecular complexity index is 446. The Morgan fingerprint density at radius 1 is 1.56 bits per heavy atom. The molecule has 0 aliphatic carbocycles.